The van der Waals surface area contributed by atoms with Gasteiger partial charge in [0, 0.05) is 16.9 Å². The Morgan fingerprint density at radius 3 is 3.06 bits per heavy atom. The van der Waals surface area contributed by atoms with Crippen LogP contribution >= 0.6 is 15.9 Å². The van der Waals surface area contributed by atoms with Crippen molar-refractivity contribution < 1.29 is 0 Å². The zero-order valence-corrected chi connectivity index (χ0v) is 10.1. The lowest BCUT2D eigenvalue weighted by Crippen LogP contribution is -2.11. The molecule has 0 fully saturated rings. The fourth-order valence-corrected chi connectivity index (χ4v) is 2.20. The molecule has 0 atom stereocenters. The number of benzene rings is 1. The second kappa shape index (κ2) is 3.18. The van der Waals surface area contributed by atoms with Gasteiger partial charge < -0.3 is 4.98 Å². The van der Waals surface area contributed by atoms with E-state index in [4.69, 9.17) is 0 Å². The van der Waals surface area contributed by atoms with E-state index in [1.807, 2.05) is 18.2 Å². The smallest absolute Gasteiger partial charge is 0.305 e. The van der Waals surface area contributed by atoms with Crippen molar-refractivity contribution in [3.8, 4) is 0 Å². The number of imidazole rings is 1. The first-order valence-corrected chi connectivity index (χ1v) is 5.59. The molecule has 0 radical (unpaired) electrons. The molecule has 0 aliphatic rings. The Balaban J connectivity index is 2.62. The van der Waals surface area contributed by atoms with Crippen LogP contribution in [0.5, 0.6) is 0 Å². The first-order valence-electron chi connectivity index (χ1n) is 4.80. The monoisotopic (exact) mass is 277 g/mol. The van der Waals surface area contributed by atoms with Gasteiger partial charge in [0.2, 0.25) is 0 Å². The van der Waals surface area contributed by atoms with E-state index in [9.17, 15) is 4.79 Å². The van der Waals surface area contributed by atoms with Crippen LogP contribution in [0.25, 0.3) is 21.9 Å². The highest BCUT2D eigenvalue weighted by Crippen LogP contribution is 2.23. The van der Waals surface area contributed by atoms with E-state index in [1.54, 1.807) is 17.8 Å². The van der Waals surface area contributed by atoms with Gasteiger partial charge >= 0.3 is 5.69 Å². The molecule has 0 aliphatic heterocycles. The van der Waals surface area contributed by atoms with Gasteiger partial charge in [-0.3, -0.25) is 9.55 Å². The van der Waals surface area contributed by atoms with Crippen LogP contribution in [0.2, 0.25) is 0 Å². The molecule has 2 heterocycles. The minimum absolute atomic E-state index is 0.121. The average Bonchev–Trinajstić information content (AvgIpc) is 2.56. The van der Waals surface area contributed by atoms with Crippen molar-refractivity contribution in [3.05, 3.63) is 39.4 Å². The summed E-state index contributed by atoms with van der Waals surface area (Å²) in [5.41, 5.74) is 2.40. The second-order valence-corrected chi connectivity index (χ2v) is 4.58. The highest BCUT2D eigenvalue weighted by atomic mass is 79.9. The molecule has 0 saturated heterocycles. The Morgan fingerprint density at radius 1 is 1.44 bits per heavy atom. The van der Waals surface area contributed by atoms with E-state index in [1.165, 1.54) is 0 Å². The molecule has 0 aliphatic carbocycles. The Morgan fingerprint density at radius 2 is 2.25 bits per heavy atom. The van der Waals surface area contributed by atoms with E-state index in [0.29, 0.717) is 0 Å². The number of nitrogens with zero attached hydrogens (tertiary/aromatic N) is 2. The maximum Gasteiger partial charge on any atom is 0.326 e. The van der Waals surface area contributed by atoms with Crippen molar-refractivity contribution in [1.82, 2.24) is 14.5 Å². The molecule has 0 amide bonds. The Bertz CT molecular complexity index is 757. The summed E-state index contributed by atoms with van der Waals surface area (Å²) in [6.45, 7) is 0. The Kier molecular flexibility index (Phi) is 1.91. The van der Waals surface area contributed by atoms with Crippen LogP contribution in [-0.4, -0.2) is 14.5 Å². The molecule has 1 N–H and O–H groups in total. The summed E-state index contributed by atoms with van der Waals surface area (Å²) in [5, 5.41) is 0.949. The van der Waals surface area contributed by atoms with Crippen LogP contribution in [0.4, 0.5) is 0 Å². The molecule has 3 aromatic rings. The third-order valence-electron chi connectivity index (χ3n) is 2.71. The average molecular weight is 278 g/mol. The van der Waals surface area contributed by atoms with Gasteiger partial charge in [0.25, 0.3) is 0 Å². The minimum Gasteiger partial charge on any atom is -0.305 e. The molecular formula is C11H8BrN3O. The normalized spacial score (nSPS) is 11.4. The van der Waals surface area contributed by atoms with E-state index < -0.39 is 0 Å². The van der Waals surface area contributed by atoms with E-state index in [-0.39, 0.29) is 5.69 Å². The number of aromatic nitrogens is 3. The zero-order chi connectivity index (χ0) is 11.3. The largest absolute Gasteiger partial charge is 0.326 e. The number of aryl methyl sites for hydroxylation is 1. The molecule has 3 rings (SSSR count). The number of hydrogen-bond acceptors (Lipinski definition) is 2. The second-order valence-electron chi connectivity index (χ2n) is 3.67. The van der Waals surface area contributed by atoms with Gasteiger partial charge in [-0.15, -0.1) is 0 Å². The van der Waals surface area contributed by atoms with Gasteiger partial charge in [-0.25, -0.2) is 4.79 Å². The lowest BCUT2D eigenvalue weighted by atomic mass is 10.2. The topological polar surface area (TPSA) is 50.7 Å². The van der Waals surface area contributed by atoms with Gasteiger partial charge in [-0.2, -0.15) is 0 Å². The van der Waals surface area contributed by atoms with Gasteiger partial charge in [-0.05, 0) is 18.2 Å². The van der Waals surface area contributed by atoms with Crippen LogP contribution in [0.15, 0.2) is 33.7 Å². The highest BCUT2D eigenvalue weighted by Gasteiger charge is 2.07. The van der Waals surface area contributed by atoms with Crippen molar-refractivity contribution in [1.29, 1.82) is 0 Å². The SMILES string of the molecule is Cn1c(=O)[nH]c2c3cc(Br)ccc3ncc21. The number of nitrogens with one attached hydrogen (secondary N) is 1. The van der Waals surface area contributed by atoms with E-state index in [2.05, 4.69) is 25.9 Å². The van der Waals surface area contributed by atoms with Crippen molar-refractivity contribution in [2.24, 2.45) is 7.05 Å². The summed E-state index contributed by atoms with van der Waals surface area (Å²) >= 11 is 3.42. The summed E-state index contributed by atoms with van der Waals surface area (Å²) in [6, 6.07) is 5.81. The minimum atomic E-state index is -0.121. The molecule has 0 unspecified atom stereocenters. The van der Waals surface area contributed by atoms with Crippen LogP contribution in [0.1, 0.15) is 0 Å². The van der Waals surface area contributed by atoms with Gasteiger partial charge in [0.15, 0.2) is 0 Å². The van der Waals surface area contributed by atoms with Crippen LogP contribution < -0.4 is 5.69 Å². The lowest BCUT2D eigenvalue weighted by molar-refractivity contribution is 0.890. The lowest BCUT2D eigenvalue weighted by Gasteiger charge is -1.99. The number of hydrogen-bond donors (Lipinski definition) is 1. The van der Waals surface area contributed by atoms with E-state index in [0.717, 1.165) is 26.4 Å². The summed E-state index contributed by atoms with van der Waals surface area (Å²) in [7, 11) is 1.73. The number of fused-ring (bicyclic) bond motifs is 3. The van der Waals surface area contributed by atoms with Crippen molar-refractivity contribution >= 4 is 37.9 Å². The first-order chi connectivity index (χ1) is 7.66. The summed E-state index contributed by atoms with van der Waals surface area (Å²) in [5.74, 6) is 0. The summed E-state index contributed by atoms with van der Waals surface area (Å²) in [6.07, 6.45) is 1.71. The maximum absolute atomic E-state index is 11.5. The van der Waals surface area contributed by atoms with E-state index >= 15 is 0 Å². The third kappa shape index (κ3) is 1.21. The van der Waals surface area contributed by atoms with Crippen molar-refractivity contribution in [2.75, 3.05) is 0 Å². The molecule has 80 valence electrons. The fraction of sp³-hybridized carbons (Fsp3) is 0.0909. The summed E-state index contributed by atoms with van der Waals surface area (Å²) in [4.78, 5) is 18.7. The van der Waals surface area contributed by atoms with Crippen molar-refractivity contribution in [3.63, 3.8) is 0 Å². The standard InChI is InChI=1S/C11H8BrN3O/c1-15-9-5-13-8-3-2-6(12)4-7(8)10(9)14-11(15)16/h2-5H,1H3,(H,14,16). The maximum atomic E-state index is 11.5. The molecule has 5 heteroatoms. The number of rotatable bonds is 0. The predicted molar refractivity (Wildman–Crippen MR) is 66.5 cm³/mol. The van der Waals surface area contributed by atoms with Gasteiger partial charge in [-0.1, -0.05) is 15.9 Å². The first kappa shape index (κ1) is 9.59. The molecule has 0 spiro atoms. The quantitative estimate of drug-likeness (QED) is 0.685. The molecule has 2 aromatic heterocycles. The van der Waals surface area contributed by atoms with Gasteiger partial charge in [0.05, 0.1) is 22.7 Å². The fourth-order valence-electron chi connectivity index (χ4n) is 1.84. The molecule has 1 aromatic carbocycles. The van der Waals surface area contributed by atoms with Gasteiger partial charge in [0.1, 0.15) is 0 Å². The Hall–Kier alpha value is -1.62. The molecule has 0 bridgehead atoms. The molecule has 0 saturated carbocycles. The summed E-state index contributed by atoms with van der Waals surface area (Å²) < 4.78 is 2.53. The van der Waals surface area contributed by atoms with Crippen LogP contribution in [-0.2, 0) is 7.05 Å². The van der Waals surface area contributed by atoms with Crippen LogP contribution in [0, 0.1) is 0 Å². The highest BCUT2D eigenvalue weighted by molar-refractivity contribution is 9.10. The molecule has 4 nitrogen and oxygen atoms in total. The number of halogens is 1. The number of H-pyrrole nitrogens is 1. The predicted octanol–water partition coefficient (Wildman–Crippen LogP) is 2.18. The molecular weight excluding hydrogens is 270 g/mol. The number of aromatic amines is 1. The number of pyridine rings is 1. The van der Waals surface area contributed by atoms with Crippen molar-refractivity contribution in [2.45, 2.75) is 0 Å². The zero-order valence-electron chi connectivity index (χ0n) is 8.49. The molecule has 16 heavy (non-hydrogen) atoms. The van der Waals surface area contributed by atoms with Crippen LogP contribution in [0.3, 0.4) is 0 Å². The third-order valence-corrected chi connectivity index (χ3v) is 3.20. The Labute approximate surface area is 99.0 Å².